The number of hydrogen-bond acceptors (Lipinski definition) is 4. The lowest BCUT2D eigenvalue weighted by Gasteiger charge is -2.24. The van der Waals surface area contributed by atoms with Crippen molar-refractivity contribution >= 4 is 11.9 Å². The molecule has 0 aliphatic rings. The van der Waals surface area contributed by atoms with E-state index in [2.05, 4.69) is 19.2 Å². The van der Waals surface area contributed by atoms with E-state index < -0.39 is 5.97 Å². The molecule has 3 N–H and O–H groups in total. The van der Waals surface area contributed by atoms with Crippen molar-refractivity contribution in [3.63, 3.8) is 0 Å². The van der Waals surface area contributed by atoms with Crippen LogP contribution in [0.1, 0.15) is 37.2 Å². The van der Waals surface area contributed by atoms with Crippen LogP contribution in [0.15, 0.2) is 16.5 Å². The van der Waals surface area contributed by atoms with Crippen LogP contribution in [0.5, 0.6) is 0 Å². The van der Waals surface area contributed by atoms with Gasteiger partial charge >= 0.3 is 5.97 Å². The fourth-order valence-electron chi connectivity index (χ4n) is 1.52. The largest absolute Gasteiger partial charge is 0.475 e. The van der Waals surface area contributed by atoms with Crippen molar-refractivity contribution in [2.45, 2.75) is 26.7 Å². The quantitative estimate of drug-likeness (QED) is 0.681. The maximum absolute atomic E-state index is 10.6. The zero-order valence-electron chi connectivity index (χ0n) is 10.2. The van der Waals surface area contributed by atoms with E-state index in [1.165, 1.54) is 6.07 Å². The topological polar surface area (TPSA) is 82.7 Å². The average molecular weight is 241 g/mol. The minimum absolute atomic E-state index is 0.0267. The molecule has 0 saturated carbocycles. The first kappa shape index (κ1) is 13.6. The Morgan fingerprint density at radius 2 is 2.18 bits per heavy atom. The summed E-state index contributed by atoms with van der Waals surface area (Å²) in [5, 5.41) is 20.5. The molecular formula is C12H19NO4. The Labute approximate surface area is 100 Å². The smallest absolute Gasteiger partial charge is 0.371 e. The number of nitrogens with one attached hydrogen (secondary N) is 1. The highest BCUT2D eigenvalue weighted by Crippen LogP contribution is 2.23. The molecule has 0 spiro atoms. The molecule has 17 heavy (non-hydrogen) atoms. The highest BCUT2D eigenvalue weighted by molar-refractivity contribution is 5.84. The minimum Gasteiger partial charge on any atom is -0.475 e. The number of aliphatic hydroxyl groups excluding tert-OH is 1. The lowest BCUT2D eigenvalue weighted by molar-refractivity contribution is 0.0663. The van der Waals surface area contributed by atoms with Crippen LogP contribution in [0.2, 0.25) is 0 Å². The van der Waals surface area contributed by atoms with Gasteiger partial charge in [-0.3, -0.25) is 0 Å². The van der Waals surface area contributed by atoms with Crippen LogP contribution in [0, 0.1) is 5.41 Å². The first-order chi connectivity index (χ1) is 7.94. The predicted molar refractivity (Wildman–Crippen MR) is 64.3 cm³/mol. The van der Waals surface area contributed by atoms with Crippen molar-refractivity contribution in [2.24, 2.45) is 5.41 Å². The molecule has 0 aliphatic heterocycles. The number of carboxylic acid groups (broad SMARTS) is 1. The molecule has 96 valence electrons. The van der Waals surface area contributed by atoms with Crippen LogP contribution in [-0.2, 0) is 0 Å². The summed E-state index contributed by atoms with van der Waals surface area (Å²) in [4.78, 5) is 10.6. The molecule has 0 radical (unpaired) electrons. The fraction of sp³-hybridized carbons (Fsp3) is 0.583. The number of hydrogen-bond donors (Lipinski definition) is 3. The van der Waals surface area contributed by atoms with Gasteiger partial charge in [-0.1, -0.05) is 13.8 Å². The number of carbonyl (C=O) groups is 1. The van der Waals surface area contributed by atoms with Crippen LogP contribution in [0.25, 0.3) is 0 Å². The first-order valence-corrected chi connectivity index (χ1v) is 5.62. The molecule has 1 heterocycles. The Morgan fingerprint density at radius 3 is 2.71 bits per heavy atom. The van der Waals surface area contributed by atoms with Gasteiger partial charge in [-0.25, -0.2) is 4.79 Å². The van der Waals surface area contributed by atoms with Crippen molar-refractivity contribution in [1.29, 1.82) is 0 Å². The summed E-state index contributed by atoms with van der Waals surface area (Å²) in [6.45, 7) is 5.01. The molecule has 0 saturated heterocycles. The maximum atomic E-state index is 10.6. The summed E-state index contributed by atoms with van der Waals surface area (Å²) in [7, 11) is 0. The van der Waals surface area contributed by atoms with Crippen molar-refractivity contribution in [1.82, 2.24) is 0 Å². The number of furan rings is 1. The summed E-state index contributed by atoms with van der Waals surface area (Å²) in [5.74, 6) is -0.683. The van der Waals surface area contributed by atoms with Gasteiger partial charge in [0.15, 0.2) is 5.88 Å². The monoisotopic (exact) mass is 241 g/mol. The SMILES string of the molecule is CC(C)(CCCO)CNc1ccc(C(=O)O)o1. The van der Waals surface area contributed by atoms with Crippen molar-refractivity contribution < 1.29 is 19.4 Å². The van der Waals surface area contributed by atoms with Crippen molar-refractivity contribution in [2.75, 3.05) is 18.5 Å². The first-order valence-electron chi connectivity index (χ1n) is 5.62. The third kappa shape index (κ3) is 4.48. The van der Waals surface area contributed by atoms with Crippen molar-refractivity contribution in [3.8, 4) is 0 Å². The van der Waals surface area contributed by atoms with Crippen LogP contribution in [-0.4, -0.2) is 29.3 Å². The van der Waals surface area contributed by atoms with E-state index in [9.17, 15) is 4.79 Å². The standard InChI is InChI=1S/C12H19NO4/c1-12(2,6-3-7-14)8-13-10-5-4-9(17-10)11(15)16/h4-5,13-14H,3,6-8H2,1-2H3,(H,15,16). The lowest BCUT2D eigenvalue weighted by atomic mass is 9.88. The highest BCUT2D eigenvalue weighted by atomic mass is 16.4. The number of anilines is 1. The molecule has 1 aromatic heterocycles. The molecule has 0 amide bonds. The third-order valence-electron chi connectivity index (χ3n) is 2.57. The molecule has 0 fully saturated rings. The summed E-state index contributed by atoms with van der Waals surface area (Å²) in [6.07, 6.45) is 1.65. The van der Waals surface area contributed by atoms with E-state index in [0.717, 1.165) is 12.8 Å². The van der Waals surface area contributed by atoms with Gasteiger partial charge in [-0.2, -0.15) is 0 Å². The van der Waals surface area contributed by atoms with Gasteiger partial charge in [-0.05, 0) is 24.3 Å². The van der Waals surface area contributed by atoms with Gasteiger partial charge in [-0.15, -0.1) is 0 Å². The van der Waals surface area contributed by atoms with Crippen LogP contribution in [0.4, 0.5) is 5.88 Å². The summed E-state index contributed by atoms with van der Waals surface area (Å²) in [5.41, 5.74) is 0.0267. The number of rotatable bonds is 7. The average Bonchev–Trinajstić information content (AvgIpc) is 2.73. The summed E-state index contributed by atoms with van der Waals surface area (Å²) in [6, 6.07) is 3.02. The molecule has 0 unspecified atom stereocenters. The Bertz CT molecular complexity index is 370. The Balaban J connectivity index is 2.46. The van der Waals surface area contributed by atoms with E-state index in [1.807, 2.05) is 0 Å². The van der Waals surface area contributed by atoms with E-state index in [4.69, 9.17) is 14.6 Å². The van der Waals surface area contributed by atoms with Gasteiger partial charge in [0.2, 0.25) is 5.76 Å². The van der Waals surface area contributed by atoms with Crippen molar-refractivity contribution in [3.05, 3.63) is 17.9 Å². The van der Waals surface area contributed by atoms with Crippen LogP contribution < -0.4 is 5.32 Å². The van der Waals surface area contributed by atoms with E-state index in [0.29, 0.717) is 12.4 Å². The molecule has 0 aromatic carbocycles. The molecule has 0 bridgehead atoms. The minimum atomic E-state index is -1.07. The zero-order valence-corrected chi connectivity index (χ0v) is 10.2. The Hall–Kier alpha value is -1.49. The van der Waals surface area contributed by atoms with Crippen LogP contribution >= 0.6 is 0 Å². The van der Waals surface area contributed by atoms with E-state index in [1.54, 1.807) is 6.07 Å². The maximum Gasteiger partial charge on any atom is 0.371 e. The summed E-state index contributed by atoms with van der Waals surface area (Å²) < 4.78 is 5.08. The molecule has 5 nitrogen and oxygen atoms in total. The second kappa shape index (κ2) is 5.72. The van der Waals surface area contributed by atoms with E-state index in [-0.39, 0.29) is 17.8 Å². The fourth-order valence-corrected chi connectivity index (χ4v) is 1.52. The molecular weight excluding hydrogens is 222 g/mol. The van der Waals surface area contributed by atoms with Gasteiger partial charge in [0.25, 0.3) is 0 Å². The highest BCUT2D eigenvalue weighted by Gasteiger charge is 2.18. The van der Waals surface area contributed by atoms with Gasteiger partial charge in [0.05, 0.1) is 0 Å². The molecule has 5 heteroatoms. The lowest BCUT2D eigenvalue weighted by Crippen LogP contribution is -2.23. The predicted octanol–water partition coefficient (Wildman–Crippen LogP) is 2.19. The van der Waals surface area contributed by atoms with Gasteiger partial charge in [0.1, 0.15) is 0 Å². The molecule has 0 atom stereocenters. The third-order valence-corrected chi connectivity index (χ3v) is 2.57. The second-order valence-corrected chi connectivity index (χ2v) is 4.81. The number of aliphatic hydroxyl groups is 1. The van der Waals surface area contributed by atoms with Gasteiger partial charge in [0, 0.05) is 19.2 Å². The molecule has 1 rings (SSSR count). The molecule has 0 aliphatic carbocycles. The normalized spacial score (nSPS) is 11.5. The Kier molecular flexibility index (Phi) is 4.57. The van der Waals surface area contributed by atoms with E-state index >= 15 is 0 Å². The molecule has 1 aromatic rings. The Morgan fingerprint density at radius 1 is 1.47 bits per heavy atom. The zero-order chi connectivity index (χ0) is 12.9. The summed E-state index contributed by atoms with van der Waals surface area (Å²) >= 11 is 0. The number of aromatic carboxylic acids is 1. The number of carboxylic acids is 1. The van der Waals surface area contributed by atoms with Gasteiger partial charge < -0.3 is 19.9 Å². The second-order valence-electron chi connectivity index (χ2n) is 4.81. The van der Waals surface area contributed by atoms with Crippen LogP contribution in [0.3, 0.4) is 0 Å².